The summed E-state index contributed by atoms with van der Waals surface area (Å²) >= 11 is 0. The van der Waals surface area contributed by atoms with Crippen LogP contribution in [0.15, 0.2) is 24.3 Å². The molecule has 5 heteroatoms. The van der Waals surface area contributed by atoms with E-state index >= 15 is 0 Å². The molecule has 1 aromatic carbocycles. The molecule has 108 valence electrons. The number of urea groups is 1. The third-order valence-electron chi connectivity index (χ3n) is 4.59. The second kappa shape index (κ2) is 5.40. The average molecular weight is 278 g/mol. The van der Waals surface area contributed by atoms with E-state index in [0.29, 0.717) is 0 Å². The Morgan fingerprint density at radius 3 is 2.65 bits per heavy atom. The van der Waals surface area contributed by atoms with Gasteiger partial charge in [0.25, 0.3) is 0 Å². The van der Waals surface area contributed by atoms with Crippen LogP contribution in [-0.2, 0) is 4.74 Å². The molecule has 2 N–H and O–H groups in total. The summed E-state index contributed by atoms with van der Waals surface area (Å²) in [6, 6.07) is 6.03. The molecule has 2 fully saturated rings. The predicted molar refractivity (Wildman–Crippen MR) is 74.1 cm³/mol. The zero-order valence-electron chi connectivity index (χ0n) is 11.3. The van der Waals surface area contributed by atoms with E-state index in [2.05, 4.69) is 10.6 Å². The Morgan fingerprint density at radius 2 is 2.00 bits per heavy atom. The molecular weight excluding hydrogens is 259 g/mol. The van der Waals surface area contributed by atoms with Gasteiger partial charge in [-0.3, -0.25) is 0 Å². The highest BCUT2D eigenvalue weighted by atomic mass is 19.1. The van der Waals surface area contributed by atoms with E-state index < -0.39 is 5.82 Å². The van der Waals surface area contributed by atoms with Crippen molar-refractivity contribution < 1.29 is 13.9 Å². The number of amides is 2. The lowest BCUT2D eigenvalue weighted by Gasteiger charge is -2.51. The fourth-order valence-corrected chi connectivity index (χ4v) is 3.18. The maximum atomic E-state index is 13.5. The molecule has 1 aromatic rings. The molecule has 1 heterocycles. The first-order chi connectivity index (χ1) is 9.70. The SMILES string of the molecule is O=C(Nc1ccccc1F)NC1CCC12CCOCC2. The van der Waals surface area contributed by atoms with E-state index in [0.717, 1.165) is 38.9 Å². The molecule has 3 rings (SSSR count). The highest BCUT2D eigenvalue weighted by Gasteiger charge is 2.47. The van der Waals surface area contributed by atoms with E-state index in [4.69, 9.17) is 4.74 Å². The van der Waals surface area contributed by atoms with Gasteiger partial charge in [-0.05, 0) is 43.2 Å². The molecule has 1 unspecified atom stereocenters. The number of anilines is 1. The Labute approximate surface area is 117 Å². The number of hydrogen-bond acceptors (Lipinski definition) is 2. The minimum absolute atomic E-state index is 0.179. The number of nitrogens with one attached hydrogen (secondary N) is 2. The second-order valence-corrected chi connectivity index (χ2v) is 5.64. The van der Waals surface area contributed by atoms with Crippen LogP contribution in [0.4, 0.5) is 14.9 Å². The van der Waals surface area contributed by atoms with Crippen LogP contribution in [0.1, 0.15) is 25.7 Å². The number of hydrogen-bond donors (Lipinski definition) is 2. The lowest BCUT2D eigenvalue weighted by atomic mass is 9.60. The van der Waals surface area contributed by atoms with Gasteiger partial charge in [0.05, 0.1) is 5.69 Å². The number of carbonyl (C=O) groups is 1. The summed E-state index contributed by atoms with van der Waals surface area (Å²) in [6.07, 6.45) is 4.13. The van der Waals surface area contributed by atoms with Gasteiger partial charge in [-0.1, -0.05) is 12.1 Å². The number of rotatable bonds is 2. The van der Waals surface area contributed by atoms with Gasteiger partial charge in [-0.25, -0.2) is 9.18 Å². The van der Waals surface area contributed by atoms with E-state index in [1.807, 2.05) is 0 Å². The van der Waals surface area contributed by atoms with E-state index in [1.54, 1.807) is 18.2 Å². The van der Waals surface area contributed by atoms with Crippen LogP contribution in [0, 0.1) is 11.2 Å². The molecule has 0 aromatic heterocycles. The summed E-state index contributed by atoms with van der Waals surface area (Å²) in [6.45, 7) is 1.54. The van der Waals surface area contributed by atoms with Gasteiger partial charge in [0.2, 0.25) is 0 Å². The van der Waals surface area contributed by atoms with Crippen LogP contribution < -0.4 is 10.6 Å². The van der Waals surface area contributed by atoms with Gasteiger partial charge in [-0.2, -0.15) is 0 Å². The average Bonchev–Trinajstić information content (AvgIpc) is 2.47. The summed E-state index contributed by atoms with van der Waals surface area (Å²) in [5.74, 6) is -0.419. The Hall–Kier alpha value is -1.62. The van der Waals surface area contributed by atoms with Gasteiger partial charge in [0, 0.05) is 19.3 Å². The largest absolute Gasteiger partial charge is 0.381 e. The first-order valence-electron chi connectivity index (χ1n) is 7.09. The van der Waals surface area contributed by atoms with E-state index in [1.165, 1.54) is 6.07 Å². The maximum absolute atomic E-state index is 13.5. The normalized spacial score (nSPS) is 23.9. The number of para-hydroxylation sites is 1. The minimum Gasteiger partial charge on any atom is -0.381 e. The van der Waals surface area contributed by atoms with Crippen molar-refractivity contribution in [1.82, 2.24) is 5.32 Å². The Bertz CT molecular complexity index is 500. The van der Waals surface area contributed by atoms with E-state index in [9.17, 15) is 9.18 Å². The quantitative estimate of drug-likeness (QED) is 0.874. The molecule has 1 saturated heterocycles. The van der Waals surface area contributed by atoms with Crippen molar-refractivity contribution >= 4 is 11.7 Å². The third kappa shape index (κ3) is 2.50. The van der Waals surface area contributed by atoms with Crippen molar-refractivity contribution in [2.45, 2.75) is 31.7 Å². The monoisotopic (exact) mass is 278 g/mol. The molecule has 1 atom stereocenters. The highest BCUT2D eigenvalue weighted by Crippen LogP contribution is 2.48. The predicted octanol–water partition coefficient (Wildman–Crippen LogP) is 2.91. The second-order valence-electron chi connectivity index (χ2n) is 5.64. The summed E-state index contributed by atoms with van der Waals surface area (Å²) < 4.78 is 18.9. The topological polar surface area (TPSA) is 50.4 Å². The molecule has 0 radical (unpaired) electrons. The molecule has 2 aliphatic rings. The molecule has 2 amide bonds. The summed E-state index contributed by atoms with van der Waals surface area (Å²) in [5, 5.41) is 5.56. The Morgan fingerprint density at radius 1 is 1.25 bits per heavy atom. The fraction of sp³-hybridized carbons (Fsp3) is 0.533. The fourth-order valence-electron chi connectivity index (χ4n) is 3.18. The van der Waals surface area contributed by atoms with Crippen molar-refractivity contribution in [2.75, 3.05) is 18.5 Å². The van der Waals surface area contributed by atoms with Gasteiger partial charge >= 0.3 is 6.03 Å². The van der Waals surface area contributed by atoms with Gasteiger partial charge in [0.1, 0.15) is 5.82 Å². The Balaban J connectivity index is 1.58. The van der Waals surface area contributed by atoms with Crippen LogP contribution in [0.3, 0.4) is 0 Å². The van der Waals surface area contributed by atoms with Crippen molar-refractivity contribution in [3.63, 3.8) is 0 Å². The van der Waals surface area contributed by atoms with Crippen LogP contribution in [-0.4, -0.2) is 25.3 Å². The highest BCUT2D eigenvalue weighted by molar-refractivity contribution is 5.89. The number of benzene rings is 1. The van der Waals surface area contributed by atoms with Crippen LogP contribution >= 0.6 is 0 Å². The minimum atomic E-state index is -0.419. The summed E-state index contributed by atoms with van der Waals surface area (Å²) in [4.78, 5) is 12.0. The van der Waals surface area contributed by atoms with Crippen molar-refractivity contribution in [1.29, 1.82) is 0 Å². The van der Waals surface area contributed by atoms with Gasteiger partial charge in [0.15, 0.2) is 0 Å². The molecule has 1 saturated carbocycles. The summed E-state index contributed by atoms with van der Waals surface area (Å²) in [7, 11) is 0. The zero-order chi connectivity index (χ0) is 14.0. The molecule has 1 aliphatic heterocycles. The first kappa shape index (κ1) is 13.4. The number of halogens is 1. The maximum Gasteiger partial charge on any atom is 0.319 e. The molecule has 20 heavy (non-hydrogen) atoms. The smallest absolute Gasteiger partial charge is 0.319 e. The molecular formula is C15H19FN2O2. The van der Waals surface area contributed by atoms with Crippen LogP contribution in [0.2, 0.25) is 0 Å². The van der Waals surface area contributed by atoms with Crippen molar-refractivity contribution in [2.24, 2.45) is 5.41 Å². The standard InChI is InChI=1S/C15H19FN2O2/c16-11-3-1-2-4-12(11)17-14(19)18-13-5-6-15(13)7-9-20-10-8-15/h1-4,13H,5-10H2,(H2,17,18,19). The van der Waals surface area contributed by atoms with Crippen LogP contribution in [0.5, 0.6) is 0 Å². The zero-order valence-corrected chi connectivity index (χ0v) is 11.3. The van der Waals surface area contributed by atoms with Gasteiger partial charge in [-0.15, -0.1) is 0 Å². The third-order valence-corrected chi connectivity index (χ3v) is 4.59. The Kier molecular flexibility index (Phi) is 3.61. The van der Waals surface area contributed by atoms with Crippen molar-refractivity contribution in [3.05, 3.63) is 30.1 Å². The molecule has 1 aliphatic carbocycles. The van der Waals surface area contributed by atoms with Gasteiger partial charge < -0.3 is 15.4 Å². The lowest BCUT2D eigenvalue weighted by molar-refractivity contribution is -0.0507. The molecule has 4 nitrogen and oxygen atoms in total. The number of carbonyl (C=O) groups excluding carboxylic acids is 1. The van der Waals surface area contributed by atoms with Crippen molar-refractivity contribution in [3.8, 4) is 0 Å². The van der Waals surface area contributed by atoms with Crippen LogP contribution in [0.25, 0.3) is 0 Å². The lowest BCUT2D eigenvalue weighted by Crippen LogP contribution is -2.57. The number of ether oxygens (including phenoxy) is 1. The molecule has 0 bridgehead atoms. The molecule has 1 spiro atoms. The van der Waals surface area contributed by atoms with E-state index in [-0.39, 0.29) is 23.2 Å². The first-order valence-corrected chi connectivity index (χ1v) is 7.09. The summed E-state index contributed by atoms with van der Waals surface area (Å²) in [5.41, 5.74) is 0.413.